The molecular weight excluding hydrogens is 356 g/mol. The Morgan fingerprint density at radius 1 is 1.31 bits per heavy atom. The minimum atomic E-state index is -3.78. The number of benzene rings is 1. The molecule has 1 amide bonds. The molecule has 0 saturated heterocycles. The predicted molar refractivity (Wildman–Crippen MR) is 96.1 cm³/mol. The van der Waals surface area contributed by atoms with Crippen LogP contribution in [0.5, 0.6) is 0 Å². The van der Waals surface area contributed by atoms with Crippen molar-refractivity contribution in [3.05, 3.63) is 41.2 Å². The van der Waals surface area contributed by atoms with Gasteiger partial charge in [-0.15, -0.1) is 0 Å². The summed E-state index contributed by atoms with van der Waals surface area (Å²) in [6.07, 6.45) is 0.702. The van der Waals surface area contributed by atoms with Gasteiger partial charge in [0.1, 0.15) is 5.76 Å². The quantitative estimate of drug-likeness (QED) is 0.812. The van der Waals surface area contributed by atoms with Gasteiger partial charge in [-0.2, -0.15) is 0 Å². The second-order valence-corrected chi connectivity index (χ2v) is 8.06. The first-order valence-electron chi connectivity index (χ1n) is 8.34. The average Bonchev–Trinajstić information content (AvgIpc) is 3.03. The molecule has 0 radical (unpaired) electrons. The highest BCUT2D eigenvalue weighted by molar-refractivity contribution is 7.92. The van der Waals surface area contributed by atoms with E-state index in [4.69, 9.17) is 4.52 Å². The minimum absolute atomic E-state index is 0.00241. The normalized spacial score (nSPS) is 15.4. The Kier molecular flexibility index (Phi) is 5.01. The zero-order valence-corrected chi connectivity index (χ0v) is 15.8. The number of sulfonamides is 1. The Balaban J connectivity index is 1.83. The number of aromatic nitrogens is 1. The van der Waals surface area contributed by atoms with Gasteiger partial charge in [0, 0.05) is 19.2 Å². The van der Waals surface area contributed by atoms with E-state index in [1.54, 1.807) is 37.1 Å². The second kappa shape index (κ2) is 7.08. The van der Waals surface area contributed by atoms with Gasteiger partial charge >= 0.3 is 0 Å². The third-order valence-electron chi connectivity index (χ3n) is 4.48. The van der Waals surface area contributed by atoms with Crippen LogP contribution in [0.2, 0.25) is 0 Å². The van der Waals surface area contributed by atoms with Crippen molar-refractivity contribution in [2.24, 2.45) is 0 Å². The lowest BCUT2D eigenvalue weighted by Crippen LogP contribution is -2.45. The maximum atomic E-state index is 12.6. The molecule has 0 fully saturated rings. The minimum Gasteiger partial charge on any atom is -0.360 e. The lowest BCUT2D eigenvalue weighted by molar-refractivity contribution is -0.133. The molecule has 8 nitrogen and oxygen atoms in total. The van der Waals surface area contributed by atoms with Gasteiger partial charge in [-0.1, -0.05) is 11.2 Å². The van der Waals surface area contributed by atoms with Crippen LogP contribution < -0.4 is 10.0 Å². The summed E-state index contributed by atoms with van der Waals surface area (Å²) in [5.74, 6) is 0.656. The SMILES string of the molecule is CN[C@@H](C)C(=O)N1CCc2ccc(S(=O)(=O)Nc3cc(C)on3)cc2C1. The monoisotopic (exact) mass is 378 g/mol. The maximum absolute atomic E-state index is 12.6. The van der Waals surface area contributed by atoms with Crippen molar-refractivity contribution >= 4 is 21.7 Å². The summed E-state index contributed by atoms with van der Waals surface area (Å²) in [7, 11) is -2.04. The molecule has 1 aromatic carbocycles. The van der Waals surface area contributed by atoms with Gasteiger partial charge in [-0.25, -0.2) is 8.42 Å². The van der Waals surface area contributed by atoms with Gasteiger partial charge in [0.2, 0.25) is 5.91 Å². The number of likely N-dealkylation sites (N-methyl/N-ethyl adjacent to an activating group) is 1. The number of aryl methyl sites for hydroxylation is 1. The molecule has 2 N–H and O–H groups in total. The summed E-state index contributed by atoms with van der Waals surface area (Å²) in [6, 6.07) is 6.23. The highest BCUT2D eigenvalue weighted by atomic mass is 32.2. The van der Waals surface area contributed by atoms with E-state index in [0.29, 0.717) is 25.3 Å². The molecule has 9 heteroatoms. The first-order valence-corrected chi connectivity index (χ1v) is 9.82. The van der Waals surface area contributed by atoms with Crippen LogP contribution in [0.3, 0.4) is 0 Å². The number of anilines is 1. The molecule has 0 saturated carbocycles. The summed E-state index contributed by atoms with van der Waals surface area (Å²) in [5, 5.41) is 6.59. The van der Waals surface area contributed by atoms with Crippen LogP contribution in [-0.4, -0.2) is 44.0 Å². The van der Waals surface area contributed by atoms with Gasteiger partial charge in [0.05, 0.1) is 10.9 Å². The van der Waals surface area contributed by atoms with Crippen molar-refractivity contribution in [3.63, 3.8) is 0 Å². The number of carbonyl (C=O) groups is 1. The summed E-state index contributed by atoms with van der Waals surface area (Å²) in [6.45, 7) is 4.51. The van der Waals surface area contributed by atoms with Gasteiger partial charge < -0.3 is 14.7 Å². The van der Waals surface area contributed by atoms with Gasteiger partial charge in [0.25, 0.3) is 10.0 Å². The smallest absolute Gasteiger partial charge is 0.263 e. The Morgan fingerprint density at radius 2 is 2.08 bits per heavy atom. The molecule has 26 heavy (non-hydrogen) atoms. The van der Waals surface area contributed by atoms with Crippen molar-refractivity contribution in [1.82, 2.24) is 15.4 Å². The molecular formula is C17H22N4O4S. The number of nitrogens with zero attached hydrogens (tertiary/aromatic N) is 2. The zero-order chi connectivity index (χ0) is 18.9. The van der Waals surface area contributed by atoms with E-state index in [-0.39, 0.29) is 22.7 Å². The third-order valence-corrected chi connectivity index (χ3v) is 5.83. The fraction of sp³-hybridized carbons (Fsp3) is 0.412. The van der Waals surface area contributed by atoms with E-state index in [0.717, 1.165) is 11.1 Å². The van der Waals surface area contributed by atoms with E-state index < -0.39 is 10.0 Å². The average molecular weight is 378 g/mol. The first kappa shape index (κ1) is 18.4. The van der Waals surface area contributed by atoms with Crippen molar-refractivity contribution in [3.8, 4) is 0 Å². The number of nitrogens with one attached hydrogen (secondary N) is 2. The largest absolute Gasteiger partial charge is 0.360 e. The number of hydrogen-bond donors (Lipinski definition) is 2. The van der Waals surface area contributed by atoms with E-state index in [1.165, 1.54) is 6.07 Å². The summed E-state index contributed by atoms with van der Waals surface area (Å²) in [5.41, 5.74) is 1.90. The number of hydrogen-bond acceptors (Lipinski definition) is 6. The van der Waals surface area contributed by atoms with E-state index in [9.17, 15) is 13.2 Å². The maximum Gasteiger partial charge on any atom is 0.263 e. The van der Waals surface area contributed by atoms with Crippen LogP contribution in [0.1, 0.15) is 23.8 Å². The molecule has 1 aromatic heterocycles. The van der Waals surface area contributed by atoms with E-state index in [2.05, 4.69) is 15.2 Å². The zero-order valence-electron chi connectivity index (χ0n) is 14.9. The molecule has 1 aliphatic heterocycles. The summed E-state index contributed by atoms with van der Waals surface area (Å²) < 4.78 is 32.5. The fourth-order valence-corrected chi connectivity index (χ4v) is 3.93. The molecule has 2 heterocycles. The molecule has 2 aromatic rings. The Hall–Kier alpha value is -2.39. The summed E-state index contributed by atoms with van der Waals surface area (Å²) in [4.78, 5) is 14.3. The highest BCUT2D eigenvalue weighted by Crippen LogP contribution is 2.24. The van der Waals surface area contributed by atoms with Crippen molar-refractivity contribution in [1.29, 1.82) is 0 Å². The van der Waals surface area contributed by atoms with Crippen molar-refractivity contribution < 1.29 is 17.7 Å². The van der Waals surface area contributed by atoms with E-state index >= 15 is 0 Å². The highest BCUT2D eigenvalue weighted by Gasteiger charge is 2.25. The molecule has 0 aliphatic carbocycles. The lowest BCUT2D eigenvalue weighted by atomic mass is 9.99. The molecule has 0 unspecified atom stereocenters. The Bertz CT molecular complexity index is 923. The predicted octanol–water partition coefficient (Wildman–Crippen LogP) is 1.28. The van der Waals surface area contributed by atoms with Crippen LogP contribution in [0.4, 0.5) is 5.82 Å². The van der Waals surface area contributed by atoms with E-state index in [1.807, 2.05) is 6.92 Å². The van der Waals surface area contributed by atoms with Crippen LogP contribution in [0, 0.1) is 6.92 Å². The van der Waals surface area contributed by atoms with Crippen LogP contribution in [0.15, 0.2) is 33.7 Å². The van der Waals surface area contributed by atoms with Crippen LogP contribution in [-0.2, 0) is 27.8 Å². The standard InChI is InChI=1S/C17H22N4O4S/c1-11-8-16(19-25-11)20-26(23,24)15-5-4-13-6-7-21(10-14(13)9-15)17(22)12(2)18-3/h4-5,8-9,12,18H,6-7,10H2,1-3H3,(H,19,20)/t12-/m0/s1. The molecule has 140 valence electrons. The van der Waals surface area contributed by atoms with Gasteiger partial charge in [0.15, 0.2) is 5.82 Å². The molecule has 1 atom stereocenters. The van der Waals surface area contributed by atoms with Gasteiger partial charge in [-0.3, -0.25) is 9.52 Å². The van der Waals surface area contributed by atoms with Crippen LogP contribution in [0.25, 0.3) is 0 Å². The molecule has 3 rings (SSSR count). The molecule has 0 bridgehead atoms. The second-order valence-electron chi connectivity index (χ2n) is 6.38. The summed E-state index contributed by atoms with van der Waals surface area (Å²) >= 11 is 0. The molecule has 1 aliphatic rings. The van der Waals surface area contributed by atoms with Crippen molar-refractivity contribution in [2.75, 3.05) is 18.3 Å². The Labute approximate surface area is 152 Å². The Morgan fingerprint density at radius 3 is 2.73 bits per heavy atom. The van der Waals surface area contributed by atoms with Crippen molar-refractivity contribution in [2.45, 2.75) is 37.8 Å². The van der Waals surface area contributed by atoms with Gasteiger partial charge in [-0.05, 0) is 50.6 Å². The number of fused-ring (bicyclic) bond motifs is 1. The first-order chi connectivity index (χ1) is 12.3. The van der Waals surface area contributed by atoms with Crippen LogP contribution >= 0.6 is 0 Å². The number of amides is 1. The topological polar surface area (TPSA) is 105 Å². The lowest BCUT2D eigenvalue weighted by Gasteiger charge is -2.31. The number of rotatable bonds is 5. The number of carbonyl (C=O) groups excluding carboxylic acids is 1. The fourth-order valence-electron chi connectivity index (χ4n) is 2.90. The third kappa shape index (κ3) is 3.73. The molecule has 0 spiro atoms.